The van der Waals surface area contributed by atoms with Crippen LogP contribution in [0.2, 0.25) is 10.0 Å². The van der Waals surface area contributed by atoms with E-state index in [1.807, 2.05) is 0 Å². The van der Waals surface area contributed by atoms with Crippen LogP contribution in [0.15, 0.2) is 29.1 Å². The zero-order valence-electron chi connectivity index (χ0n) is 9.53. The van der Waals surface area contributed by atoms with Gasteiger partial charge >= 0.3 is 0 Å². The molecule has 0 spiro atoms. The Bertz CT molecular complexity index is 701. The molecule has 0 saturated carbocycles. The van der Waals surface area contributed by atoms with Gasteiger partial charge in [-0.05, 0) is 24.3 Å². The fraction of sp³-hybridized carbons (Fsp3) is 0.0833. The van der Waals surface area contributed by atoms with Crippen LogP contribution in [0, 0.1) is 5.82 Å². The summed E-state index contributed by atoms with van der Waals surface area (Å²) in [4.78, 5) is 11.8. The van der Waals surface area contributed by atoms with Gasteiger partial charge < -0.3 is 10.8 Å². The van der Waals surface area contributed by atoms with E-state index < -0.39 is 18.1 Å². The van der Waals surface area contributed by atoms with Gasteiger partial charge in [0.1, 0.15) is 17.6 Å². The summed E-state index contributed by atoms with van der Waals surface area (Å²) >= 11 is 11.6. The van der Waals surface area contributed by atoms with Crippen molar-refractivity contribution in [3.8, 4) is 11.3 Å². The molecular weight excluding hydrogens is 294 g/mol. The lowest BCUT2D eigenvalue weighted by Crippen LogP contribution is -2.23. The summed E-state index contributed by atoms with van der Waals surface area (Å²) < 4.78 is 14.0. The predicted octanol–water partition coefficient (Wildman–Crippen LogP) is 2.49. The molecule has 0 bridgehead atoms. The Hall–Kier alpha value is -1.56. The number of aliphatic hydroxyl groups is 1. The lowest BCUT2D eigenvalue weighted by atomic mass is 10.1. The smallest absolute Gasteiger partial charge is 0.271 e. The van der Waals surface area contributed by atoms with E-state index in [1.54, 1.807) is 0 Å². The standard InChI is InChI=1S/C12H9Cl2FN2O2/c13-8-3-6(15)1-2-7(8)11-10(16)4-9(14)12(19)17(11)5-18/h1-4,18H,5,16H2. The van der Waals surface area contributed by atoms with Gasteiger partial charge in [-0.15, -0.1) is 0 Å². The van der Waals surface area contributed by atoms with Crippen LogP contribution in [0.3, 0.4) is 0 Å². The molecule has 0 amide bonds. The SMILES string of the molecule is Nc1cc(Cl)c(=O)n(CO)c1-c1ccc(F)cc1Cl. The van der Waals surface area contributed by atoms with Crippen LogP contribution in [0.25, 0.3) is 11.3 Å². The number of benzene rings is 1. The van der Waals surface area contributed by atoms with E-state index in [4.69, 9.17) is 28.9 Å². The zero-order chi connectivity index (χ0) is 14.2. The minimum atomic E-state index is -0.618. The molecule has 0 unspecified atom stereocenters. The minimum absolute atomic E-state index is 0.0793. The van der Waals surface area contributed by atoms with Gasteiger partial charge in [0.15, 0.2) is 0 Å². The second kappa shape index (κ2) is 5.21. The third-order valence-corrected chi connectivity index (χ3v) is 3.19. The molecule has 0 aliphatic carbocycles. The molecule has 2 rings (SSSR count). The molecule has 2 aromatic rings. The maximum atomic E-state index is 13.0. The van der Waals surface area contributed by atoms with Crippen LogP contribution < -0.4 is 11.3 Å². The highest BCUT2D eigenvalue weighted by atomic mass is 35.5. The van der Waals surface area contributed by atoms with Gasteiger partial charge in [-0.2, -0.15) is 0 Å². The van der Waals surface area contributed by atoms with Crippen molar-refractivity contribution in [2.45, 2.75) is 6.73 Å². The summed E-state index contributed by atoms with van der Waals surface area (Å²) in [5.41, 5.74) is 5.89. The Kier molecular flexibility index (Phi) is 3.80. The Morgan fingerprint density at radius 3 is 2.53 bits per heavy atom. The second-order valence-corrected chi connectivity index (χ2v) is 4.61. The third-order valence-electron chi connectivity index (χ3n) is 2.60. The molecule has 0 aliphatic rings. The van der Waals surface area contributed by atoms with E-state index in [0.29, 0.717) is 5.56 Å². The molecule has 7 heteroatoms. The average molecular weight is 303 g/mol. The molecule has 0 aliphatic heterocycles. The van der Waals surface area contributed by atoms with Crippen LogP contribution in [0.1, 0.15) is 0 Å². The van der Waals surface area contributed by atoms with E-state index in [1.165, 1.54) is 18.2 Å². The minimum Gasteiger partial charge on any atom is -0.397 e. The van der Waals surface area contributed by atoms with Gasteiger partial charge in [0.25, 0.3) is 5.56 Å². The number of aromatic nitrogens is 1. The van der Waals surface area contributed by atoms with Crippen LogP contribution in [0.5, 0.6) is 0 Å². The number of nitrogens with zero attached hydrogens (tertiary/aromatic N) is 1. The van der Waals surface area contributed by atoms with E-state index in [-0.39, 0.29) is 21.4 Å². The first-order valence-corrected chi connectivity index (χ1v) is 5.96. The van der Waals surface area contributed by atoms with Crippen molar-refractivity contribution in [3.63, 3.8) is 0 Å². The first-order chi connectivity index (χ1) is 8.95. The highest BCUT2D eigenvalue weighted by molar-refractivity contribution is 6.33. The van der Waals surface area contributed by atoms with Crippen LogP contribution in [-0.4, -0.2) is 9.67 Å². The van der Waals surface area contributed by atoms with Crippen molar-refractivity contribution < 1.29 is 9.50 Å². The molecule has 0 saturated heterocycles. The van der Waals surface area contributed by atoms with Crippen molar-refractivity contribution in [2.75, 3.05) is 5.73 Å². The van der Waals surface area contributed by atoms with Crippen molar-refractivity contribution in [2.24, 2.45) is 0 Å². The molecule has 3 N–H and O–H groups in total. The maximum absolute atomic E-state index is 13.0. The Balaban J connectivity index is 2.82. The molecule has 19 heavy (non-hydrogen) atoms. The average Bonchev–Trinajstić information content (AvgIpc) is 2.34. The predicted molar refractivity (Wildman–Crippen MR) is 72.7 cm³/mol. The van der Waals surface area contributed by atoms with E-state index >= 15 is 0 Å². The topological polar surface area (TPSA) is 68.2 Å². The van der Waals surface area contributed by atoms with Crippen LogP contribution in [-0.2, 0) is 6.73 Å². The summed E-state index contributed by atoms with van der Waals surface area (Å²) in [6.45, 7) is -0.618. The highest BCUT2D eigenvalue weighted by Crippen LogP contribution is 2.32. The van der Waals surface area contributed by atoms with Crippen molar-refractivity contribution in [3.05, 3.63) is 50.5 Å². The lowest BCUT2D eigenvalue weighted by molar-refractivity contribution is 0.208. The fourth-order valence-electron chi connectivity index (χ4n) is 1.77. The van der Waals surface area contributed by atoms with Gasteiger partial charge in [-0.25, -0.2) is 4.39 Å². The van der Waals surface area contributed by atoms with Crippen LogP contribution in [0.4, 0.5) is 10.1 Å². The van der Waals surface area contributed by atoms with Gasteiger partial charge in [0.05, 0.1) is 16.4 Å². The molecular formula is C12H9Cl2FN2O2. The first-order valence-electron chi connectivity index (χ1n) is 5.20. The molecule has 4 nitrogen and oxygen atoms in total. The van der Waals surface area contributed by atoms with Crippen molar-refractivity contribution >= 4 is 28.9 Å². The summed E-state index contributed by atoms with van der Waals surface area (Å²) in [6.07, 6.45) is 0. The number of nitrogens with two attached hydrogens (primary N) is 1. The monoisotopic (exact) mass is 302 g/mol. The molecule has 100 valence electrons. The number of anilines is 1. The summed E-state index contributed by atoms with van der Waals surface area (Å²) in [5, 5.41) is 9.25. The third kappa shape index (κ3) is 2.45. The van der Waals surface area contributed by atoms with Gasteiger partial charge in [0, 0.05) is 5.56 Å². The van der Waals surface area contributed by atoms with E-state index in [2.05, 4.69) is 0 Å². The van der Waals surface area contributed by atoms with Crippen molar-refractivity contribution in [1.29, 1.82) is 0 Å². The molecule has 1 aromatic heterocycles. The quantitative estimate of drug-likeness (QED) is 0.895. The van der Waals surface area contributed by atoms with Gasteiger partial charge in [-0.3, -0.25) is 9.36 Å². The fourth-order valence-corrected chi connectivity index (χ4v) is 2.25. The Labute approximate surface area is 117 Å². The number of aliphatic hydroxyl groups excluding tert-OH is 1. The van der Waals surface area contributed by atoms with Gasteiger partial charge in [0.2, 0.25) is 0 Å². The van der Waals surface area contributed by atoms with E-state index in [9.17, 15) is 14.3 Å². The number of hydrogen-bond acceptors (Lipinski definition) is 3. The second-order valence-electron chi connectivity index (χ2n) is 3.79. The largest absolute Gasteiger partial charge is 0.397 e. The van der Waals surface area contributed by atoms with E-state index in [0.717, 1.165) is 10.6 Å². The molecule has 1 heterocycles. The van der Waals surface area contributed by atoms with Gasteiger partial charge in [-0.1, -0.05) is 23.2 Å². The molecule has 0 radical (unpaired) electrons. The molecule has 0 atom stereocenters. The van der Waals surface area contributed by atoms with Crippen LogP contribution >= 0.6 is 23.2 Å². The molecule has 1 aromatic carbocycles. The zero-order valence-corrected chi connectivity index (χ0v) is 11.0. The number of hydrogen-bond donors (Lipinski definition) is 2. The number of halogens is 3. The normalized spacial score (nSPS) is 10.7. The summed E-state index contributed by atoms with van der Waals surface area (Å²) in [5.74, 6) is -0.515. The van der Waals surface area contributed by atoms with Crippen molar-refractivity contribution in [1.82, 2.24) is 4.57 Å². The Morgan fingerprint density at radius 2 is 1.95 bits per heavy atom. The number of nitrogen functional groups attached to an aromatic ring is 1. The molecule has 0 fully saturated rings. The Morgan fingerprint density at radius 1 is 1.26 bits per heavy atom. The number of pyridine rings is 1. The first kappa shape index (κ1) is 13.9. The highest BCUT2D eigenvalue weighted by Gasteiger charge is 2.16. The summed E-state index contributed by atoms with van der Waals surface area (Å²) in [6, 6.07) is 4.92. The lowest BCUT2D eigenvalue weighted by Gasteiger charge is -2.15. The number of rotatable bonds is 2. The summed E-state index contributed by atoms with van der Waals surface area (Å²) in [7, 11) is 0. The maximum Gasteiger partial charge on any atom is 0.271 e.